The number of carbonyl (C=O) groups is 1. The second-order valence-corrected chi connectivity index (χ2v) is 4.88. The van der Waals surface area contributed by atoms with Crippen LogP contribution in [0.2, 0.25) is 0 Å². The third-order valence-corrected chi connectivity index (χ3v) is 3.18. The molecule has 2 aromatic heterocycles. The maximum Gasteiger partial charge on any atom is 0.232 e. The van der Waals surface area contributed by atoms with Crippen LogP contribution in [0.3, 0.4) is 0 Å². The fourth-order valence-corrected chi connectivity index (χ4v) is 2.26. The molecule has 1 amide bonds. The maximum atomic E-state index is 11.8. The van der Waals surface area contributed by atoms with Crippen molar-refractivity contribution in [2.75, 3.05) is 11.4 Å². The van der Waals surface area contributed by atoms with Gasteiger partial charge >= 0.3 is 0 Å². The van der Waals surface area contributed by atoms with Crippen LogP contribution < -0.4 is 4.90 Å². The second-order valence-electron chi connectivity index (χ2n) is 4.26. The van der Waals surface area contributed by atoms with Crippen LogP contribution in [0.25, 0.3) is 11.4 Å². The summed E-state index contributed by atoms with van der Waals surface area (Å²) in [5.41, 5.74) is 1.44. The van der Waals surface area contributed by atoms with Crippen molar-refractivity contribution in [3.05, 3.63) is 36.7 Å². The summed E-state index contributed by atoms with van der Waals surface area (Å²) in [6, 6.07) is 7.36. The van der Waals surface area contributed by atoms with Gasteiger partial charge in [0, 0.05) is 25.4 Å². The average molecular weight is 275 g/mol. The molecule has 19 heavy (non-hydrogen) atoms. The molecule has 6 heteroatoms. The molecule has 1 fully saturated rings. The average Bonchev–Trinajstić information content (AvgIpc) is 2.79. The number of hydrogen-bond donors (Lipinski definition) is 0. The molecule has 3 heterocycles. The van der Waals surface area contributed by atoms with E-state index in [0.717, 1.165) is 5.69 Å². The van der Waals surface area contributed by atoms with Crippen molar-refractivity contribution in [2.45, 2.75) is 11.8 Å². The van der Waals surface area contributed by atoms with E-state index in [9.17, 15) is 4.79 Å². The summed E-state index contributed by atoms with van der Waals surface area (Å²) in [5.74, 6) is 0.342. The van der Waals surface area contributed by atoms with Crippen LogP contribution >= 0.6 is 11.6 Å². The highest BCUT2D eigenvalue weighted by molar-refractivity contribution is 6.24. The zero-order chi connectivity index (χ0) is 13.2. The first kappa shape index (κ1) is 12.0. The van der Waals surface area contributed by atoms with E-state index in [1.54, 1.807) is 18.5 Å². The molecular weight excluding hydrogens is 264 g/mol. The van der Waals surface area contributed by atoms with Gasteiger partial charge in [0.15, 0.2) is 0 Å². The highest BCUT2D eigenvalue weighted by Gasteiger charge is 2.30. The minimum absolute atomic E-state index is 0.0434. The Balaban J connectivity index is 1.95. The summed E-state index contributed by atoms with van der Waals surface area (Å²) in [4.78, 5) is 26.0. The van der Waals surface area contributed by atoms with Gasteiger partial charge in [0.2, 0.25) is 11.9 Å². The molecule has 1 unspecified atom stereocenters. The fourth-order valence-electron chi connectivity index (χ4n) is 1.99. The van der Waals surface area contributed by atoms with Crippen molar-refractivity contribution in [1.82, 2.24) is 15.0 Å². The van der Waals surface area contributed by atoms with Crippen LogP contribution in [-0.2, 0) is 4.79 Å². The molecule has 0 aromatic carbocycles. The molecule has 5 nitrogen and oxygen atoms in total. The number of carbonyl (C=O) groups excluding carboxylic acids is 1. The van der Waals surface area contributed by atoms with E-state index in [-0.39, 0.29) is 11.3 Å². The molecule has 3 rings (SSSR count). The van der Waals surface area contributed by atoms with Crippen LogP contribution in [-0.4, -0.2) is 32.8 Å². The lowest BCUT2D eigenvalue weighted by atomic mass is 10.2. The summed E-state index contributed by atoms with van der Waals surface area (Å²) < 4.78 is 0. The molecule has 0 saturated carbocycles. The third-order valence-electron chi connectivity index (χ3n) is 2.89. The number of anilines is 1. The molecule has 96 valence electrons. The molecule has 1 aliphatic rings. The molecule has 2 aromatic rings. The van der Waals surface area contributed by atoms with E-state index < -0.39 is 0 Å². The zero-order valence-corrected chi connectivity index (χ0v) is 10.8. The predicted molar refractivity (Wildman–Crippen MR) is 71.9 cm³/mol. The Morgan fingerprint density at radius 3 is 2.74 bits per heavy atom. The van der Waals surface area contributed by atoms with E-state index >= 15 is 0 Å². The van der Waals surface area contributed by atoms with Crippen molar-refractivity contribution >= 4 is 23.5 Å². The lowest BCUT2D eigenvalue weighted by Gasteiger charge is -2.13. The highest BCUT2D eigenvalue weighted by Crippen LogP contribution is 2.22. The monoisotopic (exact) mass is 274 g/mol. The van der Waals surface area contributed by atoms with Gasteiger partial charge in [-0.1, -0.05) is 6.07 Å². The van der Waals surface area contributed by atoms with Gasteiger partial charge < -0.3 is 0 Å². The number of aromatic nitrogens is 3. The van der Waals surface area contributed by atoms with Crippen LogP contribution in [0.15, 0.2) is 36.7 Å². The van der Waals surface area contributed by atoms with E-state index in [0.29, 0.717) is 24.6 Å². The fraction of sp³-hybridized carbons (Fsp3) is 0.231. The molecule has 1 saturated heterocycles. The number of pyridine rings is 1. The molecular formula is C13H11ClN4O. The zero-order valence-electron chi connectivity index (χ0n) is 10.0. The highest BCUT2D eigenvalue weighted by atomic mass is 35.5. The van der Waals surface area contributed by atoms with E-state index in [2.05, 4.69) is 15.0 Å². The van der Waals surface area contributed by atoms with Crippen molar-refractivity contribution in [3.63, 3.8) is 0 Å². The van der Waals surface area contributed by atoms with Gasteiger partial charge in [0.05, 0.1) is 16.8 Å². The Morgan fingerprint density at radius 2 is 2.05 bits per heavy atom. The topological polar surface area (TPSA) is 59.0 Å². The van der Waals surface area contributed by atoms with Gasteiger partial charge in [0.25, 0.3) is 0 Å². The summed E-state index contributed by atoms with van der Waals surface area (Å²) in [7, 11) is 0. The predicted octanol–water partition coefficient (Wildman–Crippen LogP) is 1.88. The van der Waals surface area contributed by atoms with Crippen molar-refractivity contribution in [1.29, 1.82) is 0 Å². The van der Waals surface area contributed by atoms with Gasteiger partial charge in [-0.2, -0.15) is 0 Å². The quantitative estimate of drug-likeness (QED) is 0.785. The number of alkyl halides is 1. The second kappa shape index (κ2) is 4.93. The lowest BCUT2D eigenvalue weighted by Crippen LogP contribution is -2.26. The number of rotatable bonds is 2. The van der Waals surface area contributed by atoms with Crippen LogP contribution in [0.5, 0.6) is 0 Å². The van der Waals surface area contributed by atoms with Crippen LogP contribution in [0.4, 0.5) is 5.95 Å². The van der Waals surface area contributed by atoms with Gasteiger partial charge in [0.1, 0.15) is 0 Å². The molecule has 1 aliphatic heterocycles. The minimum atomic E-state index is -0.172. The molecule has 1 atom stereocenters. The first-order valence-electron chi connectivity index (χ1n) is 5.93. The Labute approximate surface area is 115 Å². The number of nitrogens with zero attached hydrogens (tertiary/aromatic N) is 4. The first-order chi connectivity index (χ1) is 9.24. The van der Waals surface area contributed by atoms with E-state index in [1.165, 1.54) is 4.90 Å². The van der Waals surface area contributed by atoms with Gasteiger partial charge in [-0.3, -0.25) is 14.7 Å². The van der Waals surface area contributed by atoms with Crippen molar-refractivity contribution < 1.29 is 4.79 Å². The molecule has 0 N–H and O–H groups in total. The normalized spacial score (nSPS) is 18.9. The number of hydrogen-bond acceptors (Lipinski definition) is 4. The van der Waals surface area contributed by atoms with Crippen LogP contribution in [0.1, 0.15) is 6.42 Å². The Hall–Kier alpha value is -2.01. The summed E-state index contributed by atoms with van der Waals surface area (Å²) in [6.45, 7) is 0.450. The summed E-state index contributed by atoms with van der Waals surface area (Å²) in [6.07, 6.45) is 3.66. The van der Waals surface area contributed by atoms with E-state index in [4.69, 9.17) is 11.6 Å². The molecule has 0 spiro atoms. The standard InChI is InChI=1S/C13H11ClN4O/c14-9-7-12(19)18(8-9)13-16-6-4-11(17-13)10-3-1-2-5-15-10/h1-6,9H,7-8H2. The summed E-state index contributed by atoms with van der Waals surface area (Å²) >= 11 is 5.98. The molecule has 0 aliphatic carbocycles. The van der Waals surface area contributed by atoms with E-state index in [1.807, 2.05) is 18.2 Å². The largest absolute Gasteiger partial charge is 0.279 e. The SMILES string of the molecule is O=C1CC(Cl)CN1c1nccc(-c2ccccn2)n1. The van der Waals surface area contributed by atoms with Gasteiger partial charge in [-0.25, -0.2) is 9.97 Å². The van der Waals surface area contributed by atoms with Crippen molar-refractivity contribution in [3.8, 4) is 11.4 Å². The van der Waals surface area contributed by atoms with Gasteiger partial charge in [-0.05, 0) is 18.2 Å². The first-order valence-corrected chi connectivity index (χ1v) is 6.36. The van der Waals surface area contributed by atoms with Crippen molar-refractivity contribution in [2.24, 2.45) is 0 Å². The Bertz CT molecular complexity index is 605. The Kier molecular flexibility index (Phi) is 3.13. The number of halogens is 1. The lowest BCUT2D eigenvalue weighted by molar-refractivity contribution is -0.117. The van der Waals surface area contributed by atoms with Crippen LogP contribution in [0, 0.1) is 0 Å². The molecule has 0 radical (unpaired) electrons. The smallest absolute Gasteiger partial charge is 0.232 e. The summed E-state index contributed by atoms with van der Waals surface area (Å²) in [5, 5.41) is -0.172. The third kappa shape index (κ3) is 2.42. The molecule has 0 bridgehead atoms. The minimum Gasteiger partial charge on any atom is -0.279 e. The Morgan fingerprint density at radius 1 is 1.16 bits per heavy atom. The van der Waals surface area contributed by atoms with Gasteiger partial charge in [-0.15, -0.1) is 11.6 Å². The maximum absolute atomic E-state index is 11.8. The number of amides is 1.